The van der Waals surface area contributed by atoms with Crippen LogP contribution in [0, 0.1) is 0 Å². The predicted octanol–water partition coefficient (Wildman–Crippen LogP) is 1.59. The highest BCUT2D eigenvalue weighted by molar-refractivity contribution is 6.30. The van der Waals surface area contributed by atoms with Crippen molar-refractivity contribution in [2.45, 2.75) is 25.7 Å². The molecule has 0 fully saturated rings. The van der Waals surface area contributed by atoms with Crippen molar-refractivity contribution in [3.8, 4) is 0 Å². The van der Waals surface area contributed by atoms with Crippen LogP contribution in [0.1, 0.15) is 24.0 Å². The fourth-order valence-electron chi connectivity index (χ4n) is 1.63. The van der Waals surface area contributed by atoms with Crippen molar-refractivity contribution in [3.05, 3.63) is 16.3 Å². The number of fused-ring (bicyclic) bond motifs is 1. The van der Waals surface area contributed by atoms with Crippen LogP contribution in [0.25, 0.3) is 0 Å². The third-order valence-electron chi connectivity index (χ3n) is 2.27. The van der Waals surface area contributed by atoms with Gasteiger partial charge in [-0.15, -0.1) is 10.2 Å². The number of hydrogen-bond donors (Lipinski definition) is 1. The van der Waals surface area contributed by atoms with Crippen LogP contribution in [0.2, 0.25) is 5.15 Å². The third-order valence-corrected chi connectivity index (χ3v) is 2.58. The quantitative estimate of drug-likeness (QED) is 0.665. The van der Waals surface area contributed by atoms with E-state index in [4.69, 9.17) is 17.3 Å². The Bertz CT molecular complexity index is 280. The van der Waals surface area contributed by atoms with Crippen molar-refractivity contribution < 1.29 is 0 Å². The summed E-state index contributed by atoms with van der Waals surface area (Å²) in [6.07, 6.45) is 4.35. The molecule has 0 saturated carbocycles. The lowest BCUT2D eigenvalue weighted by molar-refractivity contribution is 0.677. The van der Waals surface area contributed by atoms with Gasteiger partial charge in [-0.25, -0.2) is 0 Å². The number of rotatable bonds is 0. The molecule has 0 saturated heterocycles. The Morgan fingerprint density at radius 2 is 1.75 bits per heavy atom. The van der Waals surface area contributed by atoms with Crippen molar-refractivity contribution in [1.82, 2.24) is 10.2 Å². The molecule has 0 aromatic carbocycles. The minimum atomic E-state index is 0.527. The zero-order chi connectivity index (χ0) is 8.55. The first-order valence-electron chi connectivity index (χ1n) is 4.08. The fourth-order valence-corrected chi connectivity index (χ4v) is 1.88. The van der Waals surface area contributed by atoms with Crippen LogP contribution in [0.5, 0.6) is 0 Å². The Labute approximate surface area is 75.9 Å². The van der Waals surface area contributed by atoms with Crippen LogP contribution in [0.3, 0.4) is 0 Å². The van der Waals surface area contributed by atoms with Crippen LogP contribution >= 0.6 is 11.6 Å². The van der Waals surface area contributed by atoms with Gasteiger partial charge in [0.2, 0.25) is 0 Å². The van der Waals surface area contributed by atoms with Gasteiger partial charge >= 0.3 is 0 Å². The zero-order valence-corrected chi connectivity index (χ0v) is 7.43. The second-order valence-electron chi connectivity index (χ2n) is 3.04. The van der Waals surface area contributed by atoms with Crippen molar-refractivity contribution in [1.29, 1.82) is 0 Å². The monoisotopic (exact) mass is 183 g/mol. The highest BCUT2D eigenvalue weighted by Crippen LogP contribution is 2.28. The number of nitrogens with zero attached hydrogens (tertiary/aromatic N) is 2. The molecule has 0 bridgehead atoms. The highest BCUT2D eigenvalue weighted by Gasteiger charge is 2.16. The zero-order valence-electron chi connectivity index (χ0n) is 6.68. The first kappa shape index (κ1) is 7.80. The molecule has 0 unspecified atom stereocenters. The average Bonchev–Trinajstić information content (AvgIpc) is 2.12. The highest BCUT2D eigenvalue weighted by atomic mass is 35.5. The molecular formula is C8H10ClN3. The topological polar surface area (TPSA) is 51.8 Å². The molecule has 12 heavy (non-hydrogen) atoms. The maximum Gasteiger partial charge on any atom is 0.155 e. The van der Waals surface area contributed by atoms with E-state index < -0.39 is 0 Å². The van der Waals surface area contributed by atoms with Gasteiger partial charge in [0.05, 0.1) is 0 Å². The van der Waals surface area contributed by atoms with Crippen LogP contribution in [-0.4, -0.2) is 10.2 Å². The van der Waals surface area contributed by atoms with Gasteiger partial charge in [0.1, 0.15) is 5.82 Å². The predicted molar refractivity (Wildman–Crippen MR) is 48.1 cm³/mol. The van der Waals surface area contributed by atoms with E-state index in [1.165, 1.54) is 12.8 Å². The molecule has 1 aromatic heterocycles. The second-order valence-corrected chi connectivity index (χ2v) is 3.40. The number of halogens is 1. The molecule has 64 valence electrons. The molecule has 0 atom stereocenters. The summed E-state index contributed by atoms with van der Waals surface area (Å²) in [5.74, 6) is 0.550. The molecule has 1 aliphatic rings. The second kappa shape index (κ2) is 2.90. The number of anilines is 1. The van der Waals surface area contributed by atoms with Gasteiger partial charge in [-0.1, -0.05) is 11.6 Å². The van der Waals surface area contributed by atoms with Crippen LogP contribution in [-0.2, 0) is 12.8 Å². The first-order chi connectivity index (χ1) is 5.79. The SMILES string of the molecule is Nc1nnc(Cl)c2c1CCCC2. The Morgan fingerprint density at radius 3 is 2.42 bits per heavy atom. The summed E-state index contributed by atoms with van der Waals surface area (Å²) in [5, 5.41) is 8.10. The smallest absolute Gasteiger partial charge is 0.155 e. The Kier molecular flexibility index (Phi) is 1.89. The molecule has 0 spiro atoms. The molecule has 4 heteroatoms. The van der Waals surface area contributed by atoms with E-state index in [0.717, 1.165) is 24.0 Å². The normalized spacial score (nSPS) is 15.8. The number of hydrogen-bond acceptors (Lipinski definition) is 3. The summed E-state index contributed by atoms with van der Waals surface area (Å²) in [7, 11) is 0. The summed E-state index contributed by atoms with van der Waals surface area (Å²) in [6.45, 7) is 0. The summed E-state index contributed by atoms with van der Waals surface area (Å²) < 4.78 is 0. The molecule has 3 nitrogen and oxygen atoms in total. The largest absolute Gasteiger partial charge is 0.382 e. The van der Waals surface area contributed by atoms with E-state index in [1.807, 2.05) is 0 Å². The summed E-state index contributed by atoms with van der Waals surface area (Å²) in [5.41, 5.74) is 7.90. The molecule has 2 rings (SSSR count). The van der Waals surface area contributed by atoms with Crippen LogP contribution < -0.4 is 5.73 Å². The molecule has 0 radical (unpaired) electrons. The van der Waals surface area contributed by atoms with Gasteiger partial charge in [-0.3, -0.25) is 0 Å². The number of nitrogen functional groups attached to an aromatic ring is 1. The molecular weight excluding hydrogens is 174 g/mol. The summed E-state index contributed by atoms with van der Waals surface area (Å²) in [6, 6.07) is 0. The van der Waals surface area contributed by atoms with Crippen molar-refractivity contribution in [2.75, 3.05) is 5.73 Å². The molecule has 0 aliphatic heterocycles. The van der Waals surface area contributed by atoms with E-state index in [1.54, 1.807) is 0 Å². The van der Waals surface area contributed by atoms with Crippen LogP contribution in [0.4, 0.5) is 5.82 Å². The van der Waals surface area contributed by atoms with Crippen molar-refractivity contribution in [3.63, 3.8) is 0 Å². The number of aromatic nitrogens is 2. The van der Waals surface area contributed by atoms with Crippen molar-refractivity contribution in [2.24, 2.45) is 0 Å². The maximum absolute atomic E-state index is 5.88. The van der Waals surface area contributed by atoms with E-state index in [9.17, 15) is 0 Å². The Hall–Kier alpha value is -0.830. The lowest BCUT2D eigenvalue weighted by Crippen LogP contribution is -2.10. The third kappa shape index (κ3) is 1.14. The number of nitrogens with two attached hydrogens (primary N) is 1. The van der Waals surface area contributed by atoms with Gasteiger partial charge in [-0.05, 0) is 31.2 Å². The Morgan fingerprint density at radius 1 is 1.08 bits per heavy atom. The Balaban J connectivity index is 2.57. The summed E-state index contributed by atoms with van der Waals surface area (Å²) >= 11 is 5.88. The van der Waals surface area contributed by atoms with Gasteiger partial charge in [0, 0.05) is 5.56 Å². The van der Waals surface area contributed by atoms with Gasteiger partial charge in [0.15, 0.2) is 5.15 Å². The summed E-state index contributed by atoms with van der Waals surface area (Å²) in [4.78, 5) is 0. The first-order valence-corrected chi connectivity index (χ1v) is 4.46. The van der Waals surface area contributed by atoms with Gasteiger partial charge in [-0.2, -0.15) is 0 Å². The van der Waals surface area contributed by atoms with E-state index in [2.05, 4.69) is 10.2 Å². The fraction of sp³-hybridized carbons (Fsp3) is 0.500. The van der Waals surface area contributed by atoms with Gasteiger partial charge < -0.3 is 5.73 Å². The maximum atomic E-state index is 5.88. The average molecular weight is 184 g/mol. The molecule has 1 aromatic rings. The lowest BCUT2D eigenvalue weighted by Gasteiger charge is -2.16. The van der Waals surface area contributed by atoms with Crippen LogP contribution in [0.15, 0.2) is 0 Å². The molecule has 1 aliphatic carbocycles. The van der Waals surface area contributed by atoms with E-state index in [0.29, 0.717) is 11.0 Å². The minimum absolute atomic E-state index is 0.527. The van der Waals surface area contributed by atoms with Gasteiger partial charge in [0.25, 0.3) is 0 Å². The molecule has 2 N–H and O–H groups in total. The van der Waals surface area contributed by atoms with Crippen molar-refractivity contribution >= 4 is 17.4 Å². The van der Waals surface area contributed by atoms with E-state index in [-0.39, 0.29) is 0 Å². The lowest BCUT2D eigenvalue weighted by atomic mass is 9.94. The molecule has 1 heterocycles. The minimum Gasteiger partial charge on any atom is -0.382 e. The molecule has 0 amide bonds. The standard InChI is InChI=1S/C8H10ClN3/c9-7-5-3-1-2-4-6(5)8(10)12-11-7/h1-4H2,(H2,10,12). The van der Waals surface area contributed by atoms with E-state index >= 15 is 0 Å².